The number of carbonyl (C=O) groups excluding carboxylic acids is 1. The highest BCUT2D eigenvalue weighted by Gasteiger charge is 1.85. The van der Waals surface area contributed by atoms with Gasteiger partial charge in [0, 0.05) is 12.5 Å². The van der Waals surface area contributed by atoms with E-state index in [1.54, 1.807) is 12.2 Å². The minimum Gasteiger partial charge on any atom is -0.466 e. The van der Waals surface area contributed by atoms with Gasteiger partial charge in [0.2, 0.25) is 0 Å². The Labute approximate surface area is 84.6 Å². The first kappa shape index (κ1) is 12.1. The van der Waals surface area contributed by atoms with E-state index >= 15 is 0 Å². The molecule has 0 aliphatic carbocycles. The first-order valence-electron chi connectivity index (χ1n) is 4.16. The zero-order valence-corrected chi connectivity index (χ0v) is 8.12. The van der Waals surface area contributed by atoms with E-state index in [9.17, 15) is 4.79 Å². The second kappa shape index (κ2) is 9.16. The van der Waals surface area contributed by atoms with Crippen LogP contribution in [0, 0.1) is 24.2 Å². The number of terminal acetylenes is 1. The molecule has 0 rings (SSSR count). The molecule has 0 saturated carbocycles. The number of hydrogen-bond donors (Lipinski definition) is 0. The summed E-state index contributed by atoms with van der Waals surface area (Å²) in [6.45, 7) is 0. The first-order chi connectivity index (χ1) is 6.81. The standard InChI is InChI=1S/C12H12O2/c1-3-4-5-6-7-8-9-10-11-12(13)14-2/h1,8-11H,6-7H2,2H3. The molecule has 0 radical (unpaired) electrons. The van der Waals surface area contributed by atoms with Crippen LogP contribution in [0.4, 0.5) is 0 Å². The van der Waals surface area contributed by atoms with Gasteiger partial charge in [0.05, 0.1) is 7.11 Å². The van der Waals surface area contributed by atoms with E-state index in [-0.39, 0.29) is 5.97 Å². The van der Waals surface area contributed by atoms with Gasteiger partial charge in [0.15, 0.2) is 0 Å². The molecular weight excluding hydrogens is 176 g/mol. The molecule has 0 bridgehead atoms. The highest BCUT2D eigenvalue weighted by molar-refractivity contribution is 5.82. The largest absolute Gasteiger partial charge is 0.466 e. The van der Waals surface area contributed by atoms with Crippen molar-refractivity contribution in [3.8, 4) is 24.2 Å². The van der Waals surface area contributed by atoms with Crippen molar-refractivity contribution in [2.45, 2.75) is 12.8 Å². The fourth-order valence-electron chi connectivity index (χ4n) is 0.646. The van der Waals surface area contributed by atoms with Gasteiger partial charge in [-0.2, -0.15) is 0 Å². The molecule has 0 aromatic carbocycles. The van der Waals surface area contributed by atoms with Crippen LogP contribution in [0.5, 0.6) is 0 Å². The Morgan fingerprint density at radius 1 is 1.50 bits per heavy atom. The van der Waals surface area contributed by atoms with Crippen LogP contribution in [0.3, 0.4) is 0 Å². The second-order valence-corrected chi connectivity index (χ2v) is 2.30. The van der Waals surface area contributed by atoms with E-state index in [1.807, 2.05) is 6.08 Å². The molecule has 0 aromatic heterocycles. The smallest absolute Gasteiger partial charge is 0.330 e. The van der Waals surface area contributed by atoms with Gasteiger partial charge in [-0.05, 0) is 18.3 Å². The van der Waals surface area contributed by atoms with Gasteiger partial charge < -0.3 is 4.74 Å². The second-order valence-electron chi connectivity index (χ2n) is 2.30. The summed E-state index contributed by atoms with van der Waals surface area (Å²) in [4.78, 5) is 10.6. The quantitative estimate of drug-likeness (QED) is 0.221. The van der Waals surface area contributed by atoms with Gasteiger partial charge in [-0.1, -0.05) is 24.1 Å². The molecule has 2 nitrogen and oxygen atoms in total. The molecular formula is C12H12O2. The number of rotatable bonds is 4. The van der Waals surface area contributed by atoms with Crippen LogP contribution in [0.2, 0.25) is 0 Å². The van der Waals surface area contributed by atoms with Crippen molar-refractivity contribution in [2.75, 3.05) is 7.11 Å². The first-order valence-corrected chi connectivity index (χ1v) is 4.16. The number of allylic oxidation sites excluding steroid dienone is 3. The van der Waals surface area contributed by atoms with Crippen molar-refractivity contribution in [2.24, 2.45) is 0 Å². The molecule has 0 N–H and O–H groups in total. The van der Waals surface area contributed by atoms with Crippen molar-refractivity contribution in [3.63, 3.8) is 0 Å². The summed E-state index contributed by atoms with van der Waals surface area (Å²) in [5.74, 6) is 7.18. The van der Waals surface area contributed by atoms with E-state index in [4.69, 9.17) is 6.42 Å². The minimum atomic E-state index is -0.359. The Morgan fingerprint density at radius 2 is 2.29 bits per heavy atom. The summed E-state index contributed by atoms with van der Waals surface area (Å²) >= 11 is 0. The number of carbonyl (C=O) groups is 1. The highest BCUT2D eigenvalue weighted by Crippen LogP contribution is 1.89. The molecule has 0 atom stereocenters. The van der Waals surface area contributed by atoms with Crippen LogP contribution >= 0.6 is 0 Å². The number of ether oxygens (including phenoxy) is 1. The molecule has 14 heavy (non-hydrogen) atoms. The van der Waals surface area contributed by atoms with Crippen LogP contribution in [0.1, 0.15) is 12.8 Å². The monoisotopic (exact) mass is 188 g/mol. The van der Waals surface area contributed by atoms with Crippen LogP contribution < -0.4 is 0 Å². The lowest BCUT2D eigenvalue weighted by Gasteiger charge is -1.86. The fourth-order valence-corrected chi connectivity index (χ4v) is 0.646. The molecule has 0 saturated heterocycles. The maximum Gasteiger partial charge on any atom is 0.330 e. The molecule has 72 valence electrons. The summed E-state index contributed by atoms with van der Waals surface area (Å²) in [6.07, 6.45) is 13.1. The fraction of sp³-hybridized carbons (Fsp3) is 0.250. The predicted molar refractivity (Wildman–Crippen MR) is 56.1 cm³/mol. The highest BCUT2D eigenvalue weighted by atomic mass is 16.5. The molecule has 0 fully saturated rings. The van der Waals surface area contributed by atoms with Gasteiger partial charge in [-0.25, -0.2) is 4.79 Å². The van der Waals surface area contributed by atoms with Crippen LogP contribution in [-0.4, -0.2) is 13.1 Å². The van der Waals surface area contributed by atoms with Crippen LogP contribution in [0.15, 0.2) is 24.3 Å². The van der Waals surface area contributed by atoms with Crippen molar-refractivity contribution >= 4 is 5.97 Å². The zero-order chi connectivity index (χ0) is 10.6. The van der Waals surface area contributed by atoms with E-state index in [0.717, 1.165) is 12.8 Å². The number of esters is 1. The molecule has 0 spiro atoms. The van der Waals surface area contributed by atoms with Gasteiger partial charge in [0.1, 0.15) is 0 Å². The number of unbranched alkanes of at least 4 members (excludes halogenated alkanes) is 1. The molecule has 0 aliphatic heterocycles. The lowest BCUT2D eigenvalue weighted by Crippen LogP contribution is -1.92. The summed E-state index contributed by atoms with van der Waals surface area (Å²) in [5.41, 5.74) is 0. The van der Waals surface area contributed by atoms with Crippen molar-refractivity contribution in [3.05, 3.63) is 24.3 Å². The maximum absolute atomic E-state index is 10.6. The SMILES string of the molecule is C#CC#CCCC=CC=CC(=O)OC. The van der Waals surface area contributed by atoms with Crippen molar-refractivity contribution < 1.29 is 9.53 Å². The average Bonchev–Trinajstić information content (AvgIpc) is 2.21. The van der Waals surface area contributed by atoms with Gasteiger partial charge >= 0.3 is 5.97 Å². The van der Waals surface area contributed by atoms with E-state index in [0.29, 0.717) is 0 Å². The minimum absolute atomic E-state index is 0.359. The Kier molecular flexibility index (Phi) is 7.90. The zero-order valence-electron chi connectivity index (χ0n) is 8.12. The molecule has 0 heterocycles. The Bertz CT molecular complexity index is 318. The van der Waals surface area contributed by atoms with Crippen molar-refractivity contribution in [1.82, 2.24) is 0 Å². The van der Waals surface area contributed by atoms with Crippen LogP contribution in [0.25, 0.3) is 0 Å². The van der Waals surface area contributed by atoms with E-state index in [1.165, 1.54) is 13.2 Å². The molecule has 2 heteroatoms. The lowest BCUT2D eigenvalue weighted by molar-refractivity contribution is -0.134. The number of methoxy groups -OCH3 is 1. The predicted octanol–water partition coefficient (Wildman–Crippen LogP) is 1.69. The molecule has 0 unspecified atom stereocenters. The van der Waals surface area contributed by atoms with E-state index < -0.39 is 0 Å². The van der Waals surface area contributed by atoms with Crippen LogP contribution in [-0.2, 0) is 9.53 Å². The molecule has 0 amide bonds. The third kappa shape index (κ3) is 8.17. The molecule has 0 aliphatic rings. The Balaban J connectivity index is 3.60. The summed E-state index contributed by atoms with van der Waals surface area (Å²) in [5, 5.41) is 0. The van der Waals surface area contributed by atoms with Gasteiger partial charge in [-0.15, -0.1) is 6.42 Å². The molecule has 0 aromatic rings. The van der Waals surface area contributed by atoms with Gasteiger partial charge in [-0.3, -0.25) is 0 Å². The lowest BCUT2D eigenvalue weighted by atomic mass is 10.3. The Morgan fingerprint density at radius 3 is 2.93 bits per heavy atom. The Hall–Kier alpha value is -1.93. The maximum atomic E-state index is 10.6. The van der Waals surface area contributed by atoms with Gasteiger partial charge in [0.25, 0.3) is 0 Å². The topological polar surface area (TPSA) is 26.3 Å². The summed E-state index contributed by atoms with van der Waals surface area (Å²) < 4.78 is 4.41. The summed E-state index contributed by atoms with van der Waals surface area (Å²) in [6, 6.07) is 0. The average molecular weight is 188 g/mol. The number of hydrogen-bond acceptors (Lipinski definition) is 2. The third-order valence-electron chi connectivity index (χ3n) is 1.28. The third-order valence-corrected chi connectivity index (χ3v) is 1.28. The normalized spacial score (nSPS) is 9.43. The van der Waals surface area contributed by atoms with E-state index in [2.05, 4.69) is 22.5 Å². The van der Waals surface area contributed by atoms with Crippen molar-refractivity contribution in [1.29, 1.82) is 0 Å². The summed E-state index contributed by atoms with van der Waals surface area (Å²) in [7, 11) is 1.34.